The average molecular weight is 349 g/mol. The van der Waals surface area contributed by atoms with Crippen molar-refractivity contribution in [2.75, 3.05) is 0 Å². The minimum absolute atomic E-state index is 0.0822. The van der Waals surface area contributed by atoms with Crippen LogP contribution in [-0.4, -0.2) is 23.3 Å². The number of carbonyl (C=O) groups is 1. The van der Waals surface area contributed by atoms with Crippen LogP contribution in [0.25, 0.3) is 0 Å². The van der Waals surface area contributed by atoms with Crippen molar-refractivity contribution in [3.05, 3.63) is 23.8 Å². The second-order valence-electron chi connectivity index (χ2n) is 7.66. The first-order valence-electron chi connectivity index (χ1n) is 10.2. The molecule has 2 aliphatic rings. The molecule has 0 aromatic heterocycles. The van der Waals surface area contributed by atoms with Gasteiger partial charge in [0.1, 0.15) is 11.7 Å². The Morgan fingerprint density at radius 1 is 1.24 bits per heavy atom. The fraction of sp³-hybridized carbons (Fsp3) is 0.773. The minimum atomic E-state index is -0.408. The largest absolute Gasteiger partial charge is 0.456 e. The highest BCUT2D eigenvalue weighted by atomic mass is 16.6. The van der Waals surface area contributed by atoms with E-state index in [2.05, 4.69) is 52.8 Å². The summed E-state index contributed by atoms with van der Waals surface area (Å²) in [6.07, 6.45) is 14.3. The van der Waals surface area contributed by atoms with Crippen molar-refractivity contribution in [3.8, 4) is 0 Å². The van der Waals surface area contributed by atoms with Gasteiger partial charge in [0.25, 0.3) is 0 Å². The number of rotatable bonds is 9. The Hall–Kier alpha value is -1.09. The van der Waals surface area contributed by atoms with E-state index < -0.39 is 5.60 Å². The zero-order valence-electron chi connectivity index (χ0n) is 16.8. The van der Waals surface area contributed by atoms with Crippen LogP contribution >= 0.6 is 0 Å². The lowest BCUT2D eigenvalue weighted by Gasteiger charge is -2.28. The number of ether oxygens (including phenoxy) is 2. The van der Waals surface area contributed by atoms with Crippen LogP contribution in [0.1, 0.15) is 86.0 Å². The molecule has 142 valence electrons. The van der Waals surface area contributed by atoms with Crippen LogP contribution in [0.5, 0.6) is 0 Å². The highest BCUT2D eigenvalue weighted by Gasteiger charge is 2.60. The lowest BCUT2D eigenvalue weighted by molar-refractivity contribution is -0.149. The van der Waals surface area contributed by atoms with Crippen LogP contribution in [0.3, 0.4) is 0 Å². The second kappa shape index (κ2) is 8.53. The van der Waals surface area contributed by atoms with Crippen molar-refractivity contribution in [3.63, 3.8) is 0 Å². The molecule has 4 atom stereocenters. The first-order chi connectivity index (χ1) is 12.0. The van der Waals surface area contributed by atoms with Crippen molar-refractivity contribution in [1.29, 1.82) is 0 Å². The fourth-order valence-electron chi connectivity index (χ4n) is 4.31. The first-order valence-corrected chi connectivity index (χ1v) is 10.2. The van der Waals surface area contributed by atoms with E-state index in [0.717, 1.165) is 44.9 Å². The fourth-order valence-corrected chi connectivity index (χ4v) is 4.31. The summed E-state index contributed by atoms with van der Waals surface area (Å²) in [6.45, 7) is 11.0. The molecule has 2 aliphatic heterocycles. The summed E-state index contributed by atoms with van der Waals surface area (Å²) in [4.78, 5) is 11.8. The molecule has 0 radical (unpaired) electrons. The molecule has 0 N–H and O–H groups in total. The van der Waals surface area contributed by atoms with Gasteiger partial charge in [-0.2, -0.15) is 0 Å². The zero-order valence-corrected chi connectivity index (χ0v) is 16.8. The van der Waals surface area contributed by atoms with Crippen molar-refractivity contribution < 1.29 is 14.3 Å². The number of fused-ring (bicyclic) bond motifs is 1. The third-order valence-corrected chi connectivity index (χ3v) is 6.04. The van der Waals surface area contributed by atoms with Gasteiger partial charge in [0, 0.05) is 6.42 Å². The maximum absolute atomic E-state index is 11.8. The summed E-state index contributed by atoms with van der Waals surface area (Å²) in [5.41, 5.74) is 0.779. The van der Waals surface area contributed by atoms with Crippen molar-refractivity contribution in [2.45, 2.75) is 103 Å². The third kappa shape index (κ3) is 4.36. The summed E-state index contributed by atoms with van der Waals surface area (Å²) in [5.74, 6) is 0.492. The molecule has 0 saturated carbocycles. The molecule has 0 aliphatic carbocycles. The van der Waals surface area contributed by atoms with Gasteiger partial charge in [-0.3, -0.25) is 4.79 Å². The smallest absolute Gasteiger partial charge is 0.309 e. The molecule has 2 fully saturated rings. The van der Waals surface area contributed by atoms with E-state index in [4.69, 9.17) is 9.47 Å². The minimum Gasteiger partial charge on any atom is -0.456 e. The molecular weight excluding hydrogens is 312 g/mol. The van der Waals surface area contributed by atoms with Gasteiger partial charge in [-0.1, -0.05) is 58.4 Å². The van der Waals surface area contributed by atoms with Gasteiger partial charge in [-0.05, 0) is 44.4 Å². The number of hydrogen-bond donors (Lipinski definition) is 0. The maximum atomic E-state index is 11.8. The standard InChI is InChI=1S/C22H36O3/c1-6-11-12-17(7-2)13-18(8-3)15-21(9-4)16-22(10-5)19(24-21)14-20(23)25-22/h11-12,15,17,19H,6-10,13-14,16H2,1-5H3/b12-11+,18-15+/t17-,19-,21-,22-/m0/s1. The van der Waals surface area contributed by atoms with Crippen molar-refractivity contribution in [1.82, 2.24) is 0 Å². The highest BCUT2D eigenvalue weighted by Crippen LogP contribution is 2.50. The van der Waals surface area contributed by atoms with E-state index in [0.29, 0.717) is 12.3 Å². The van der Waals surface area contributed by atoms with E-state index in [-0.39, 0.29) is 17.7 Å². The van der Waals surface area contributed by atoms with Crippen LogP contribution < -0.4 is 0 Å². The number of allylic oxidation sites excluding steroid dienone is 3. The van der Waals surface area contributed by atoms with Gasteiger partial charge >= 0.3 is 5.97 Å². The van der Waals surface area contributed by atoms with Gasteiger partial charge < -0.3 is 9.47 Å². The second-order valence-corrected chi connectivity index (χ2v) is 7.66. The van der Waals surface area contributed by atoms with Crippen LogP contribution in [0.2, 0.25) is 0 Å². The Morgan fingerprint density at radius 3 is 2.52 bits per heavy atom. The summed E-state index contributed by atoms with van der Waals surface area (Å²) in [5, 5.41) is 0. The number of hydrogen-bond acceptors (Lipinski definition) is 3. The van der Waals surface area contributed by atoms with Crippen molar-refractivity contribution >= 4 is 5.97 Å². The van der Waals surface area contributed by atoms with Crippen molar-refractivity contribution in [2.24, 2.45) is 5.92 Å². The number of carbonyl (C=O) groups excluding carboxylic acids is 1. The molecule has 0 unspecified atom stereocenters. The monoisotopic (exact) mass is 348 g/mol. The van der Waals surface area contributed by atoms with Gasteiger partial charge in [0.15, 0.2) is 0 Å². The lowest BCUT2D eigenvalue weighted by atomic mass is 9.82. The van der Waals surface area contributed by atoms with Crippen LogP contribution in [-0.2, 0) is 14.3 Å². The molecule has 0 amide bonds. The average Bonchev–Trinajstić information content (AvgIpc) is 3.07. The SMILES string of the molecule is CC/C=C/[C@H](CC)C/C(=C/[C@@]1(CC)C[C@]2(CC)OC(=O)C[C@@H]2O1)CC. The van der Waals surface area contributed by atoms with E-state index in [9.17, 15) is 4.79 Å². The molecule has 2 heterocycles. The van der Waals surface area contributed by atoms with Gasteiger partial charge in [0.2, 0.25) is 0 Å². The van der Waals surface area contributed by atoms with E-state index in [1.54, 1.807) is 0 Å². The van der Waals surface area contributed by atoms with E-state index in [1.165, 1.54) is 5.57 Å². The summed E-state index contributed by atoms with van der Waals surface area (Å²) in [7, 11) is 0. The Morgan fingerprint density at radius 2 is 2.00 bits per heavy atom. The Labute approximate surface area is 153 Å². The topological polar surface area (TPSA) is 35.5 Å². The molecule has 0 bridgehead atoms. The number of esters is 1. The molecular formula is C22H36O3. The van der Waals surface area contributed by atoms with E-state index >= 15 is 0 Å². The third-order valence-electron chi connectivity index (χ3n) is 6.04. The summed E-state index contributed by atoms with van der Waals surface area (Å²) in [6, 6.07) is 0. The Bertz CT molecular complexity index is 521. The van der Waals surface area contributed by atoms with Crippen LogP contribution in [0.4, 0.5) is 0 Å². The molecule has 0 aromatic rings. The Kier molecular flexibility index (Phi) is 6.90. The van der Waals surface area contributed by atoms with Gasteiger partial charge in [-0.15, -0.1) is 0 Å². The normalized spacial score (nSPS) is 33.7. The molecule has 3 heteroatoms. The van der Waals surface area contributed by atoms with Crippen LogP contribution in [0.15, 0.2) is 23.8 Å². The molecule has 3 nitrogen and oxygen atoms in total. The summed E-state index contributed by atoms with van der Waals surface area (Å²) >= 11 is 0. The quantitative estimate of drug-likeness (QED) is 0.394. The summed E-state index contributed by atoms with van der Waals surface area (Å²) < 4.78 is 12.2. The predicted octanol–water partition coefficient (Wildman–Crippen LogP) is 5.74. The Balaban J connectivity index is 2.20. The predicted molar refractivity (Wildman–Crippen MR) is 102 cm³/mol. The molecule has 0 spiro atoms. The van der Waals surface area contributed by atoms with Gasteiger partial charge in [-0.25, -0.2) is 0 Å². The first kappa shape index (κ1) is 20.2. The zero-order chi connectivity index (χ0) is 18.5. The van der Waals surface area contributed by atoms with Crippen LogP contribution in [0, 0.1) is 5.92 Å². The van der Waals surface area contributed by atoms with Gasteiger partial charge in [0.05, 0.1) is 12.0 Å². The lowest BCUT2D eigenvalue weighted by Crippen LogP contribution is -2.35. The molecule has 2 rings (SSSR count). The van der Waals surface area contributed by atoms with E-state index in [1.807, 2.05) is 0 Å². The molecule has 25 heavy (non-hydrogen) atoms. The highest BCUT2D eigenvalue weighted by molar-refractivity contribution is 5.73. The molecule has 2 saturated heterocycles. The molecule has 0 aromatic carbocycles. The maximum Gasteiger partial charge on any atom is 0.309 e.